The van der Waals surface area contributed by atoms with Gasteiger partial charge >= 0.3 is 0 Å². The molecule has 3 aliphatic rings. The topological polar surface area (TPSA) is 72.5 Å². The van der Waals surface area contributed by atoms with Crippen LogP contribution in [0.5, 0.6) is 0 Å². The van der Waals surface area contributed by atoms with E-state index in [0.717, 1.165) is 53.8 Å². The summed E-state index contributed by atoms with van der Waals surface area (Å²) < 4.78 is 0. The molecule has 3 atom stereocenters. The lowest BCUT2D eigenvalue weighted by atomic mass is 9.86. The summed E-state index contributed by atoms with van der Waals surface area (Å²) in [7, 11) is 0. The number of aromatic amines is 1. The molecule has 8 heteroatoms. The van der Waals surface area contributed by atoms with Crippen molar-refractivity contribution in [3.8, 4) is 0 Å². The van der Waals surface area contributed by atoms with Gasteiger partial charge in [0.2, 0.25) is 11.8 Å². The Balaban J connectivity index is 1.22. The molecule has 2 saturated heterocycles. The zero-order valence-corrected chi connectivity index (χ0v) is 21.6. The monoisotopic (exact) mass is 525 g/mol. The van der Waals surface area contributed by atoms with Crippen LogP contribution in [0.2, 0.25) is 5.15 Å². The van der Waals surface area contributed by atoms with Gasteiger partial charge in [-0.1, -0.05) is 66.2 Å². The summed E-state index contributed by atoms with van der Waals surface area (Å²) in [6.07, 6.45) is 3.09. The van der Waals surface area contributed by atoms with Gasteiger partial charge in [0.15, 0.2) is 0 Å². The van der Waals surface area contributed by atoms with Crippen molar-refractivity contribution in [2.24, 2.45) is 0 Å². The van der Waals surface area contributed by atoms with Crippen LogP contribution in [0.25, 0.3) is 10.9 Å². The predicted octanol–water partition coefficient (Wildman–Crippen LogP) is 4.18. The molecule has 3 aliphatic heterocycles. The van der Waals surface area contributed by atoms with Crippen LogP contribution in [0.3, 0.4) is 0 Å². The van der Waals surface area contributed by atoms with Crippen LogP contribution in [-0.2, 0) is 22.6 Å². The Bertz CT molecular complexity index is 1520. The van der Waals surface area contributed by atoms with Crippen molar-refractivity contribution in [3.05, 3.63) is 100 Å². The van der Waals surface area contributed by atoms with E-state index in [0.29, 0.717) is 11.6 Å². The van der Waals surface area contributed by atoms with E-state index in [1.54, 1.807) is 17.2 Å². The average Bonchev–Trinajstić information content (AvgIpc) is 3.55. The second-order valence-corrected chi connectivity index (χ2v) is 10.9. The van der Waals surface area contributed by atoms with Crippen LogP contribution in [0.4, 0.5) is 0 Å². The number of hydrogen-bond acceptors (Lipinski definition) is 4. The summed E-state index contributed by atoms with van der Waals surface area (Å²) in [6.45, 7) is 2.65. The Hall–Kier alpha value is -3.68. The molecule has 4 aromatic rings. The molecule has 38 heavy (non-hydrogen) atoms. The summed E-state index contributed by atoms with van der Waals surface area (Å²) in [4.78, 5) is 41.8. The standard InChI is InChI=1S/C30H28ClN5O2/c31-26-11-10-20(15-32-26)29-28-23(22-8-4-5-9-24(22)33-28)14-25-30(38)35(18-27(37)36(25)29)21-12-13-34(17-21)16-19-6-2-1-3-7-19/h1-11,15,21,25,29,33H,12-14,16-18H2/t21-,25+,29+/m0/s1. The number of carbonyl (C=O) groups is 2. The smallest absolute Gasteiger partial charge is 0.246 e. The Labute approximate surface area is 226 Å². The predicted molar refractivity (Wildman–Crippen MR) is 146 cm³/mol. The molecule has 2 aromatic heterocycles. The van der Waals surface area contributed by atoms with E-state index in [-0.39, 0.29) is 24.4 Å². The summed E-state index contributed by atoms with van der Waals surface area (Å²) in [6, 6.07) is 21.3. The Morgan fingerprint density at radius 1 is 1.00 bits per heavy atom. The number of rotatable bonds is 4. The first kappa shape index (κ1) is 23.4. The Morgan fingerprint density at radius 3 is 2.63 bits per heavy atom. The third kappa shape index (κ3) is 3.89. The SMILES string of the molecule is O=C1[C@H]2Cc3c([nH]c4ccccc34)[C@@H](c3ccc(Cl)nc3)N2C(=O)CN1[C@H]1CCN(Cc2ccccc2)C1. The number of nitrogens with zero attached hydrogens (tertiary/aromatic N) is 4. The average molecular weight is 526 g/mol. The first-order chi connectivity index (χ1) is 18.6. The van der Waals surface area contributed by atoms with Gasteiger partial charge in [0.05, 0.1) is 6.04 Å². The number of nitrogens with one attached hydrogen (secondary N) is 1. The highest BCUT2D eigenvalue weighted by Crippen LogP contribution is 2.43. The maximum atomic E-state index is 14.1. The highest BCUT2D eigenvalue weighted by molar-refractivity contribution is 6.29. The fourth-order valence-electron chi connectivity index (χ4n) is 6.54. The number of benzene rings is 2. The summed E-state index contributed by atoms with van der Waals surface area (Å²) in [5, 5.41) is 1.49. The van der Waals surface area contributed by atoms with E-state index in [1.165, 1.54) is 5.56 Å². The number of piperazine rings is 1. The molecule has 192 valence electrons. The lowest BCUT2D eigenvalue weighted by Gasteiger charge is -2.48. The molecule has 0 bridgehead atoms. The second kappa shape index (κ2) is 9.26. The van der Waals surface area contributed by atoms with Crippen molar-refractivity contribution >= 4 is 34.3 Å². The number of carbonyl (C=O) groups excluding carboxylic acids is 2. The number of H-pyrrole nitrogens is 1. The highest BCUT2D eigenvalue weighted by Gasteiger charge is 2.50. The second-order valence-electron chi connectivity index (χ2n) is 10.5. The van der Waals surface area contributed by atoms with Crippen molar-refractivity contribution in [1.29, 1.82) is 0 Å². The maximum Gasteiger partial charge on any atom is 0.246 e. The van der Waals surface area contributed by atoms with Crippen molar-refractivity contribution in [1.82, 2.24) is 24.7 Å². The molecule has 0 saturated carbocycles. The number of likely N-dealkylation sites (tertiary alicyclic amines) is 1. The number of aromatic nitrogens is 2. The number of pyridine rings is 1. The lowest BCUT2D eigenvalue weighted by Crippen LogP contribution is -2.65. The molecule has 2 aromatic carbocycles. The zero-order chi connectivity index (χ0) is 25.8. The fraction of sp³-hybridized carbons (Fsp3) is 0.300. The molecule has 0 radical (unpaired) electrons. The molecule has 2 fully saturated rings. The first-order valence-electron chi connectivity index (χ1n) is 13.2. The summed E-state index contributed by atoms with van der Waals surface area (Å²) in [5.41, 5.74) is 5.17. The maximum absolute atomic E-state index is 14.1. The number of fused-ring (bicyclic) bond motifs is 4. The molecular weight excluding hydrogens is 498 g/mol. The Morgan fingerprint density at radius 2 is 1.82 bits per heavy atom. The van der Waals surface area contributed by atoms with E-state index < -0.39 is 12.1 Å². The van der Waals surface area contributed by atoms with Gasteiger partial charge in [0.25, 0.3) is 0 Å². The van der Waals surface area contributed by atoms with Crippen molar-refractivity contribution in [2.45, 2.75) is 37.5 Å². The fourth-order valence-corrected chi connectivity index (χ4v) is 6.65. The van der Waals surface area contributed by atoms with Gasteiger partial charge in [0, 0.05) is 54.9 Å². The van der Waals surface area contributed by atoms with Gasteiger partial charge < -0.3 is 14.8 Å². The molecule has 5 heterocycles. The molecule has 2 amide bonds. The minimum atomic E-state index is -0.549. The highest BCUT2D eigenvalue weighted by atomic mass is 35.5. The third-order valence-corrected chi connectivity index (χ3v) is 8.52. The van der Waals surface area contributed by atoms with Crippen LogP contribution < -0.4 is 0 Å². The minimum absolute atomic E-state index is 0.0274. The quantitative estimate of drug-likeness (QED) is 0.406. The largest absolute Gasteiger partial charge is 0.356 e. The molecule has 0 aliphatic carbocycles. The van der Waals surface area contributed by atoms with Gasteiger partial charge in [0.1, 0.15) is 17.7 Å². The molecule has 0 unspecified atom stereocenters. The normalized spacial score (nSPS) is 23.7. The number of amides is 2. The van der Waals surface area contributed by atoms with Crippen LogP contribution in [0, 0.1) is 0 Å². The van der Waals surface area contributed by atoms with E-state index >= 15 is 0 Å². The lowest BCUT2D eigenvalue weighted by molar-refractivity contribution is -0.160. The third-order valence-electron chi connectivity index (χ3n) is 8.30. The number of hydrogen-bond donors (Lipinski definition) is 1. The molecule has 7 nitrogen and oxygen atoms in total. The van der Waals surface area contributed by atoms with Crippen molar-refractivity contribution in [3.63, 3.8) is 0 Å². The Kier molecular flexibility index (Phi) is 5.71. The van der Waals surface area contributed by atoms with Crippen molar-refractivity contribution < 1.29 is 9.59 Å². The summed E-state index contributed by atoms with van der Waals surface area (Å²) in [5.74, 6) is 0.0133. The molecule has 1 N–H and O–H groups in total. The van der Waals surface area contributed by atoms with Crippen LogP contribution in [0.1, 0.15) is 34.8 Å². The van der Waals surface area contributed by atoms with E-state index in [9.17, 15) is 9.59 Å². The first-order valence-corrected chi connectivity index (χ1v) is 13.5. The van der Waals surface area contributed by atoms with Crippen LogP contribution in [0.15, 0.2) is 72.9 Å². The van der Waals surface area contributed by atoms with E-state index in [4.69, 9.17) is 11.6 Å². The number of para-hydroxylation sites is 1. The van der Waals surface area contributed by atoms with Crippen LogP contribution in [-0.4, -0.2) is 68.2 Å². The van der Waals surface area contributed by atoms with Gasteiger partial charge in [-0.05, 0) is 35.2 Å². The number of halogens is 1. The zero-order valence-electron chi connectivity index (χ0n) is 20.9. The van der Waals surface area contributed by atoms with Gasteiger partial charge in [-0.2, -0.15) is 0 Å². The summed E-state index contributed by atoms with van der Waals surface area (Å²) >= 11 is 6.09. The van der Waals surface area contributed by atoms with Gasteiger partial charge in [-0.25, -0.2) is 4.98 Å². The van der Waals surface area contributed by atoms with Crippen molar-refractivity contribution in [2.75, 3.05) is 19.6 Å². The van der Waals surface area contributed by atoms with E-state index in [2.05, 4.69) is 45.2 Å². The van der Waals surface area contributed by atoms with Gasteiger partial charge in [-0.3, -0.25) is 14.5 Å². The molecular formula is C30H28ClN5O2. The van der Waals surface area contributed by atoms with Gasteiger partial charge in [-0.15, -0.1) is 0 Å². The van der Waals surface area contributed by atoms with E-state index in [1.807, 2.05) is 35.2 Å². The van der Waals surface area contributed by atoms with Crippen LogP contribution >= 0.6 is 11.6 Å². The molecule has 7 rings (SSSR count). The molecule has 0 spiro atoms. The minimum Gasteiger partial charge on any atom is -0.356 e.